The minimum atomic E-state index is -0.121. The first-order chi connectivity index (χ1) is 9.78. The van der Waals surface area contributed by atoms with E-state index < -0.39 is 0 Å². The third kappa shape index (κ3) is 2.28. The zero-order valence-electron chi connectivity index (χ0n) is 11.0. The Labute approximate surface area is 117 Å². The molecule has 1 aliphatic rings. The average Bonchev–Trinajstić information content (AvgIpc) is 2.90. The summed E-state index contributed by atoms with van der Waals surface area (Å²) in [5.41, 5.74) is 3.55. The van der Waals surface area contributed by atoms with Crippen molar-refractivity contribution in [3.63, 3.8) is 0 Å². The van der Waals surface area contributed by atoms with Crippen LogP contribution in [0.15, 0.2) is 48.5 Å². The molecule has 0 aliphatic heterocycles. The van der Waals surface area contributed by atoms with Crippen LogP contribution in [0.2, 0.25) is 0 Å². The molecule has 0 radical (unpaired) electrons. The third-order valence-corrected chi connectivity index (χ3v) is 3.69. The molecular formula is C17H14N2O. The van der Waals surface area contributed by atoms with E-state index in [-0.39, 0.29) is 11.9 Å². The third-order valence-electron chi connectivity index (χ3n) is 3.69. The van der Waals surface area contributed by atoms with Crippen LogP contribution in [-0.4, -0.2) is 5.91 Å². The molecule has 1 amide bonds. The van der Waals surface area contributed by atoms with Crippen LogP contribution in [0, 0.1) is 11.3 Å². The molecule has 1 unspecified atom stereocenters. The number of aryl methyl sites for hydroxylation is 1. The van der Waals surface area contributed by atoms with Crippen molar-refractivity contribution in [1.29, 1.82) is 5.26 Å². The van der Waals surface area contributed by atoms with E-state index >= 15 is 0 Å². The van der Waals surface area contributed by atoms with E-state index in [1.165, 1.54) is 11.1 Å². The summed E-state index contributed by atoms with van der Waals surface area (Å²) in [7, 11) is 0. The Balaban J connectivity index is 1.79. The van der Waals surface area contributed by atoms with Gasteiger partial charge in [-0.2, -0.15) is 5.26 Å². The second-order valence-electron chi connectivity index (χ2n) is 4.96. The predicted molar refractivity (Wildman–Crippen MR) is 76.1 cm³/mol. The van der Waals surface area contributed by atoms with E-state index in [1.54, 1.807) is 24.3 Å². The lowest BCUT2D eigenvalue weighted by atomic mass is 10.1. The standard InChI is InChI=1S/C17H14N2O/c18-11-12-4-3-6-14(10-12)17(20)19-16-9-8-13-5-1-2-7-15(13)16/h1-7,10,16H,8-9H2,(H,19,20). The molecule has 3 nitrogen and oxygen atoms in total. The lowest BCUT2D eigenvalue weighted by Crippen LogP contribution is -2.27. The van der Waals surface area contributed by atoms with E-state index in [1.807, 2.05) is 12.1 Å². The highest BCUT2D eigenvalue weighted by Crippen LogP contribution is 2.30. The van der Waals surface area contributed by atoms with Gasteiger partial charge in [0.1, 0.15) is 0 Å². The maximum Gasteiger partial charge on any atom is 0.251 e. The first-order valence-electron chi connectivity index (χ1n) is 6.67. The van der Waals surface area contributed by atoms with Gasteiger partial charge in [0.2, 0.25) is 0 Å². The second kappa shape index (κ2) is 5.18. The number of benzene rings is 2. The monoisotopic (exact) mass is 262 g/mol. The number of nitriles is 1. The summed E-state index contributed by atoms with van der Waals surface area (Å²) in [6.07, 6.45) is 1.93. The fraction of sp³-hybridized carbons (Fsp3) is 0.176. The lowest BCUT2D eigenvalue weighted by molar-refractivity contribution is 0.0936. The van der Waals surface area contributed by atoms with Crippen molar-refractivity contribution >= 4 is 5.91 Å². The van der Waals surface area contributed by atoms with Gasteiger partial charge in [-0.05, 0) is 42.2 Å². The highest BCUT2D eigenvalue weighted by atomic mass is 16.1. The van der Waals surface area contributed by atoms with Crippen LogP contribution in [0.25, 0.3) is 0 Å². The molecule has 0 spiro atoms. The van der Waals surface area contributed by atoms with Gasteiger partial charge >= 0.3 is 0 Å². The first kappa shape index (κ1) is 12.4. The van der Waals surface area contributed by atoms with Gasteiger partial charge in [-0.1, -0.05) is 30.3 Å². The van der Waals surface area contributed by atoms with Crippen LogP contribution in [0.3, 0.4) is 0 Å². The molecule has 0 heterocycles. The van der Waals surface area contributed by atoms with Crippen molar-refractivity contribution in [3.8, 4) is 6.07 Å². The normalized spacial score (nSPS) is 16.2. The Bertz CT molecular complexity index is 700. The van der Waals surface area contributed by atoms with Crippen molar-refractivity contribution in [1.82, 2.24) is 5.32 Å². The molecule has 0 fully saturated rings. The molecule has 0 aromatic heterocycles. The summed E-state index contributed by atoms with van der Waals surface area (Å²) in [4.78, 5) is 12.3. The maximum atomic E-state index is 12.3. The Kier molecular flexibility index (Phi) is 3.22. The molecular weight excluding hydrogens is 248 g/mol. The minimum Gasteiger partial charge on any atom is -0.345 e. The predicted octanol–water partition coefficient (Wildman–Crippen LogP) is 2.98. The number of rotatable bonds is 2. The quantitative estimate of drug-likeness (QED) is 0.904. The molecule has 0 saturated carbocycles. The second-order valence-corrected chi connectivity index (χ2v) is 4.96. The lowest BCUT2D eigenvalue weighted by Gasteiger charge is -2.14. The zero-order chi connectivity index (χ0) is 13.9. The minimum absolute atomic E-state index is 0.0736. The first-order valence-corrected chi connectivity index (χ1v) is 6.67. The number of amides is 1. The zero-order valence-corrected chi connectivity index (χ0v) is 11.0. The van der Waals surface area contributed by atoms with E-state index in [0.717, 1.165) is 12.8 Å². The van der Waals surface area contributed by atoms with Crippen LogP contribution in [0.4, 0.5) is 0 Å². The average molecular weight is 262 g/mol. The number of nitrogens with zero attached hydrogens (tertiary/aromatic N) is 1. The van der Waals surface area contributed by atoms with Crippen molar-refractivity contribution in [3.05, 3.63) is 70.8 Å². The Morgan fingerprint density at radius 1 is 1.20 bits per heavy atom. The summed E-state index contributed by atoms with van der Waals surface area (Å²) >= 11 is 0. The molecule has 1 N–H and O–H groups in total. The molecule has 2 aromatic rings. The highest BCUT2D eigenvalue weighted by Gasteiger charge is 2.23. The van der Waals surface area contributed by atoms with Gasteiger partial charge in [0.15, 0.2) is 0 Å². The summed E-state index contributed by atoms with van der Waals surface area (Å²) in [6.45, 7) is 0. The molecule has 1 atom stereocenters. The number of carbonyl (C=O) groups excluding carboxylic acids is 1. The maximum absolute atomic E-state index is 12.3. The summed E-state index contributed by atoms with van der Waals surface area (Å²) in [5.74, 6) is -0.121. The van der Waals surface area contributed by atoms with E-state index in [2.05, 4.69) is 23.5 Å². The highest BCUT2D eigenvalue weighted by molar-refractivity contribution is 5.94. The van der Waals surface area contributed by atoms with Crippen LogP contribution in [-0.2, 0) is 6.42 Å². The van der Waals surface area contributed by atoms with Crippen molar-refractivity contribution < 1.29 is 4.79 Å². The molecule has 3 rings (SSSR count). The molecule has 20 heavy (non-hydrogen) atoms. The Hall–Kier alpha value is -2.60. The number of nitrogens with one attached hydrogen (secondary N) is 1. The van der Waals surface area contributed by atoms with E-state index in [0.29, 0.717) is 11.1 Å². The largest absolute Gasteiger partial charge is 0.345 e. The van der Waals surface area contributed by atoms with Crippen LogP contribution < -0.4 is 5.32 Å². The summed E-state index contributed by atoms with van der Waals surface area (Å²) in [5, 5.41) is 11.9. The summed E-state index contributed by atoms with van der Waals surface area (Å²) in [6, 6.07) is 17.1. The number of hydrogen-bond donors (Lipinski definition) is 1. The van der Waals surface area contributed by atoms with Gasteiger partial charge in [0.25, 0.3) is 5.91 Å². The van der Waals surface area contributed by atoms with Gasteiger partial charge in [-0.25, -0.2) is 0 Å². The van der Waals surface area contributed by atoms with Gasteiger partial charge < -0.3 is 5.32 Å². The van der Waals surface area contributed by atoms with Crippen LogP contribution in [0.1, 0.15) is 39.5 Å². The fourth-order valence-electron chi connectivity index (χ4n) is 2.68. The summed E-state index contributed by atoms with van der Waals surface area (Å²) < 4.78 is 0. The van der Waals surface area contributed by atoms with Crippen molar-refractivity contribution in [2.75, 3.05) is 0 Å². The topological polar surface area (TPSA) is 52.9 Å². The van der Waals surface area contributed by atoms with E-state index in [9.17, 15) is 4.79 Å². The van der Waals surface area contributed by atoms with E-state index in [4.69, 9.17) is 5.26 Å². The van der Waals surface area contributed by atoms with Crippen molar-refractivity contribution in [2.45, 2.75) is 18.9 Å². The van der Waals surface area contributed by atoms with Gasteiger partial charge in [-0.3, -0.25) is 4.79 Å². The molecule has 0 bridgehead atoms. The number of hydrogen-bond acceptors (Lipinski definition) is 2. The Morgan fingerprint density at radius 2 is 2.05 bits per heavy atom. The molecule has 1 aliphatic carbocycles. The fourth-order valence-corrected chi connectivity index (χ4v) is 2.68. The number of carbonyl (C=O) groups is 1. The SMILES string of the molecule is N#Cc1cccc(C(=O)NC2CCc3ccccc32)c1. The van der Waals surface area contributed by atoms with Crippen LogP contribution >= 0.6 is 0 Å². The van der Waals surface area contributed by atoms with Gasteiger partial charge in [0.05, 0.1) is 17.7 Å². The molecule has 0 saturated heterocycles. The molecule has 3 heteroatoms. The van der Waals surface area contributed by atoms with Gasteiger partial charge in [-0.15, -0.1) is 0 Å². The van der Waals surface area contributed by atoms with Crippen molar-refractivity contribution in [2.24, 2.45) is 0 Å². The van der Waals surface area contributed by atoms with Crippen LogP contribution in [0.5, 0.6) is 0 Å². The number of fused-ring (bicyclic) bond motifs is 1. The van der Waals surface area contributed by atoms with Gasteiger partial charge in [0, 0.05) is 5.56 Å². The smallest absolute Gasteiger partial charge is 0.251 e. The Morgan fingerprint density at radius 3 is 2.90 bits per heavy atom. The molecule has 98 valence electrons. The molecule has 2 aromatic carbocycles.